The average molecular weight is 368 g/mol. The Morgan fingerprint density at radius 1 is 1.11 bits per heavy atom. The van der Waals surface area contributed by atoms with Gasteiger partial charge in [-0.15, -0.1) is 0 Å². The van der Waals surface area contributed by atoms with E-state index in [1.54, 1.807) is 31.5 Å². The van der Waals surface area contributed by atoms with Gasteiger partial charge in [0.15, 0.2) is 0 Å². The Labute approximate surface area is 158 Å². The Balaban J connectivity index is 1.48. The van der Waals surface area contributed by atoms with Gasteiger partial charge in [0.1, 0.15) is 0 Å². The predicted molar refractivity (Wildman–Crippen MR) is 103 cm³/mol. The minimum atomic E-state index is -0.306. The topological polar surface area (TPSA) is 74.8 Å². The average Bonchev–Trinajstić information content (AvgIpc) is 2.73. The van der Waals surface area contributed by atoms with E-state index in [2.05, 4.69) is 15.2 Å². The van der Waals surface area contributed by atoms with Crippen LogP contribution in [0.3, 0.4) is 0 Å². The molecule has 2 heterocycles. The summed E-state index contributed by atoms with van der Waals surface area (Å²) in [4.78, 5) is 32.1. The third kappa shape index (κ3) is 4.97. The summed E-state index contributed by atoms with van der Waals surface area (Å²) in [6, 6.07) is 11.1. The van der Waals surface area contributed by atoms with Crippen molar-refractivity contribution in [2.75, 3.05) is 37.7 Å². The molecule has 1 saturated heterocycles. The number of nitrogens with one attached hydrogen (secondary N) is 1. The first kappa shape index (κ1) is 18.7. The van der Waals surface area contributed by atoms with E-state index in [-0.39, 0.29) is 12.0 Å². The zero-order valence-electron chi connectivity index (χ0n) is 15.4. The molecule has 27 heavy (non-hydrogen) atoms. The molecule has 1 aliphatic rings. The van der Waals surface area contributed by atoms with Crippen LogP contribution in [0.25, 0.3) is 0 Å². The van der Waals surface area contributed by atoms with E-state index in [4.69, 9.17) is 4.74 Å². The van der Waals surface area contributed by atoms with Gasteiger partial charge in [0.2, 0.25) is 0 Å². The SMILES string of the molecule is CCOC(=O)c1ccc(N2CCN(C(=O)NCc3cccnc3)CC2)cc1. The van der Waals surface area contributed by atoms with Crippen molar-refractivity contribution in [1.29, 1.82) is 0 Å². The predicted octanol–water partition coefficient (Wildman–Crippen LogP) is 2.29. The normalized spacial score (nSPS) is 14.0. The monoisotopic (exact) mass is 368 g/mol. The van der Waals surface area contributed by atoms with Crippen molar-refractivity contribution in [2.45, 2.75) is 13.5 Å². The van der Waals surface area contributed by atoms with Crippen LogP contribution in [0, 0.1) is 0 Å². The maximum absolute atomic E-state index is 12.3. The Morgan fingerprint density at radius 2 is 1.85 bits per heavy atom. The number of carbonyl (C=O) groups is 2. The fourth-order valence-corrected chi connectivity index (χ4v) is 2.98. The number of carbonyl (C=O) groups excluding carboxylic acids is 2. The van der Waals surface area contributed by atoms with Crippen LogP contribution in [-0.4, -0.2) is 54.7 Å². The van der Waals surface area contributed by atoms with E-state index in [0.717, 1.165) is 24.3 Å². The molecule has 7 heteroatoms. The van der Waals surface area contributed by atoms with Gasteiger partial charge in [-0.2, -0.15) is 0 Å². The number of aromatic nitrogens is 1. The molecule has 0 saturated carbocycles. The number of rotatable bonds is 5. The molecule has 0 aliphatic carbocycles. The molecule has 3 rings (SSSR count). The first-order valence-corrected chi connectivity index (χ1v) is 9.11. The third-order valence-corrected chi connectivity index (χ3v) is 4.48. The molecule has 1 fully saturated rings. The maximum Gasteiger partial charge on any atom is 0.338 e. The first-order chi connectivity index (χ1) is 13.2. The van der Waals surface area contributed by atoms with E-state index < -0.39 is 0 Å². The highest BCUT2D eigenvalue weighted by Gasteiger charge is 2.21. The lowest BCUT2D eigenvalue weighted by molar-refractivity contribution is 0.0526. The van der Waals surface area contributed by atoms with E-state index in [9.17, 15) is 9.59 Å². The van der Waals surface area contributed by atoms with Crippen molar-refractivity contribution >= 4 is 17.7 Å². The first-order valence-electron chi connectivity index (χ1n) is 9.11. The highest BCUT2D eigenvalue weighted by atomic mass is 16.5. The van der Waals surface area contributed by atoms with Gasteiger partial charge in [-0.3, -0.25) is 4.98 Å². The summed E-state index contributed by atoms with van der Waals surface area (Å²) in [7, 11) is 0. The minimum absolute atomic E-state index is 0.0591. The Morgan fingerprint density at radius 3 is 2.48 bits per heavy atom. The van der Waals surface area contributed by atoms with E-state index in [1.165, 1.54) is 0 Å². The zero-order chi connectivity index (χ0) is 19.1. The molecule has 1 N–H and O–H groups in total. The van der Waals surface area contributed by atoms with Gasteiger partial charge < -0.3 is 19.9 Å². The van der Waals surface area contributed by atoms with Crippen LogP contribution in [0.4, 0.5) is 10.5 Å². The smallest absolute Gasteiger partial charge is 0.338 e. The Kier molecular flexibility index (Phi) is 6.25. The van der Waals surface area contributed by atoms with E-state index in [0.29, 0.717) is 31.8 Å². The number of ether oxygens (including phenoxy) is 1. The largest absolute Gasteiger partial charge is 0.462 e. The quantitative estimate of drug-likeness (QED) is 0.820. The molecule has 1 aliphatic heterocycles. The van der Waals surface area contributed by atoms with Crippen molar-refractivity contribution < 1.29 is 14.3 Å². The van der Waals surface area contributed by atoms with Crippen LogP contribution >= 0.6 is 0 Å². The standard InChI is InChI=1S/C20H24N4O3/c1-2-27-19(25)17-5-7-18(8-6-17)23-10-12-24(13-11-23)20(26)22-15-16-4-3-9-21-14-16/h3-9,14H,2,10-13,15H2,1H3,(H,22,26). The third-order valence-electron chi connectivity index (χ3n) is 4.48. The molecule has 0 spiro atoms. The molecule has 2 amide bonds. The lowest BCUT2D eigenvalue weighted by Crippen LogP contribution is -2.51. The van der Waals surface area contributed by atoms with Crippen molar-refractivity contribution in [3.63, 3.8) is 0 Å². The highest BCUT2D eigenvalue weighted by Crippen LogP contribution is 2.18. The Bertz CT molecular complexity index is 757. The van der Waals surface area contributed by atoms with Gasteiger partial charge >= 0.3 is 12.0 Å². The fourth-order valence-electron chi connectivity index (χ4n) is 2.98. The summed E-state index contributed by atoms with van der Waals surface area (Å²) >= 11 is 0. The van der Waals surface area contributed by atoms with Crippen LogP contribution in [0.1, 0.15) is 22.8 Å². The second kappa shape index (κ2) is 9.02. The van der Waals surface area contributed by atoms with Crippen LogP contribution in [0.2, 0.25) is 0 Å². The number of benzene rings is 1. The summed E-state index contributed by atoms with van der Waals surface area (Å²) in [6.07, 6.45) is 3.46. The van der Waals surface area contributed by atoms with Crippen molar-refractivity contribution in [1.82, 2.24) is 15.2 Å². The molecule has 0 atom stereocenters. The molecule has 0 bridgehead atoms. The summed E-state index contributed by atoms with van der Waals surface area (Å²) in [6.45, 7) is 5.43. The molecule has 1 aromatic heterocycles. The van der Waals surface area contributed by atoms with Gasteiger partial charge in [0, 0.05) is 50.8 Å². The molecule has 0 unspecified atom stereocenters. The number of pyridine rings is 1. The van der Waals surface area contributed by atoms with Gasteiger partial charge in [-0.1, -0.05) is 6.07 Å². The number of anilines is 1. The van der Waals surface area contributed by atoms with Crippen LogP contribution in [0.15, 0.2) is 48.8 Å². The number of amides is 2. The number of piperazine rings is 1. The van der Waals surface area contributed by atoms with Crippen LogP contribution < -0.4 is 10.2 Å². The maximum atomic E-state index is 12.3. The summed E-state index contributed by atoms with van der Waals surface area (Å²) in [5, 5.41) is 2.93. The van der Waals surface area contributed by atoms with Gasteiger partial charge in [-0.25, -0.2) is 9.59 Å². The second-order valence-electron chi connectivity index (χ2n) is 6.26. The van der Waals surface area contributed by atoms with Gasteiger partial charge in [-0.05, 0) is 42.8 Å². The van der Waals surface area contributed by atoms with Crippen LogP contribution in [-0.2, 0) is 11.3 Å². The zero-order valence-corrected chi connectivity index (χ0v) is 15.4. The van der Waals surface area contributed by atoms with Crippen molar-refractivity contribution in [2.24, 2.45) is 0 Å². The minimum Gasteiger partial charge on any atom is -0.462 e. The van der Waals surface area contributed by atoms with Crippen LogP contribution in [0.5, 0.6) is 0 Å². The molecule has 7 nitrogen and oxygen atoms in total. The number of hydrogen-bond acceptors (Lipinski definition) is 5. The lowest BCUT2D eigenvalue weighted by atomic mass is 10.2. The number of urea groups is 1. The number of esters is 1. The van der Waals surface area contributed by atoms with Crippen molar-refractivity contribution in [3.8, 4) is 0 Å². The molecular formula is C20H24N4O3. The summed E-state index contributed by atoms with van der Waals surface area (Å²) in [5.41, 5.74) is 2.57. The molecule has 142 valence electrons. The molecule has 2 aromatic rings. The van der Waals surface area contributed by atoms with E-state index >= 15 is 0 Å². The molecule has 0 radical (unpaired) electrons. The lowest BCUT2D eigenvalue weighted by Gasteiger charge is -2.36. The highest BCUT2D eigenvalue weighted by molar-refractivity contribution is 5.89. The van der Waals surface area contributed by atoms with Crippen molar-refractivity contribution in [3.05, 3.63) is 59.9 Å². The number of hydrogen-bond donors (Lipinski definition) is 1. The van der Waals surface area contributed by atoms with Gasteiger partial charge in [0.25, 0.3) is 0 Å². The Hall–Kier alpha value is -3.09. The number of nitrogens with zero attached hydrogens (tertiary/aromatic N) is 3. The fraction of sp³-hybridized carbons (Fsp3) is 0.350. The summed E-state index contributed by atoms with van der Waals surface area (Å²) in [5.74, 6) is -0.306. The molecular weight excluding hydrogens is 344 g/mol. The van der Waals surface area contributed by atoms with Gasteiger partial charge in [0.05, 0.1) is 12.2 Å². The van der Waals surface area contributed by atoms with E-state index in [1.807, 2.05) is 29.2 Å². The molecule has 1 aromatic carbocycles. The summed E-state index contributed by atoms with van der Waals surface area (Å²) < 4.78 is 5.00. The second-order valence-corrected chi connectivity index (χ2v) is 6.26.